The quantitative estimate of drug-likeness (QED) is 0.787. The van der Waals surface area contributed by atoms with E-state index in [1.54, 1.807) is 6.07 Å². The average Bonchev–Trinajstić information content (AvgIpc) is 3.37. The number of hydrogen-bond acceptors (Lipinski definition) is 3. The fourth-order valence-electron chi connectivity index (χ4n) is 2.33. The minimum atomic E-state index is -0.972. The van der Waals surface area contributed by atoms with Crippen molar-refractivity contribution in [3.8, 4) is 0 Å². The van der Waals surface area contributed by atoms with Crippen molar-refractivity contribution in [2.24, 2.45) is 11.8 Å². The lowest BCUT2D eigenvalue weighted by Crippen LogP contribution is -2.34. The molecule has 5 heteroatoms. The van der Waals surface area contributed by atoms with Gasteiger partial charge in [-0.15, -0.1) is 11.3 Å². The first kappa shape index (κ1) is 14.3. The zero-order chi connectivity index (χ0) is 14.8. The third kappa shape index (κ3) is 4.17. The molecule has 1 N–H and O–H groups in total. The molecule has 4 nitrogen and oxygen atoms in total. The van der Waals surface area contributed by atoms with Crippen molar-refractivity contribution in [2.75, 3.05) is 13.1 Å². The van der Waals surface area contributed by atoms with E-state index in [0.717, 1.165) is 24.0 Å². The lowest BCUT2D eigenvalue weighted by molar-refractivity contribution is -0.131. The largest absolute Gasteiger partial charge is 0.478 e. The Morgan fingerprint density at radius 1 is 1.19 bits per heavy atom. The maximum absolute atomic E-state index is 12.6. The Morgan fingerprint density at radius 2 is 1.81 bits per heavy atom. The highest BCUT2D eigenvalue weighted by molar-refractivity contribution is 7.14. The summed E-state index contributed by atoms with van der Waals surface area (Å²) in [5.74, 6) is 0.521. The van der Waals surface area contributed by atoms with Crippen LogP contribution in [0.3, 0.4) is 0 Å². The summed E-state index contributed by atoms with van der Waals surface area (Å²) < 4.78 is 0. The molecule has 2 saturated carbocycles. The SMILES string of the molecule is O=C(O)C=Cc1ccc(C(=O)N(CC2CC2)CC2CC2)s1. The van der Waals surface area contributed by atoms with Crippen molar-refractivity contribution < 1.29 is 14.7 Å². The fourth-order valence-corrected chi connectivity index (χ4v) is 3.21. The lowest BCUT2D eigenvalue weighted by atomic mass is 10.3. The second-order valence-corrected chi connectivity index (χ2v) is 7.09. The second kappa shape index (κ2) is 6.02. The van der Waals surface area contributed by atoms with Crippen LogP contribution in [0.5, 0.6) is 0 Å². The molecule has 2 aliphatic rings. The first-order valence-electron chi connectivity index (χ1n) is 7.42. The highest BCUT2D eigenvalue weighted by Gasteiger charge is 2.32. The molecule has 3 rings (SSSR count). The van der Waals surface area contributed by atoms with E-state index < -0.39 is 5.97 Å². The number of carboxylic acids is 1. The molecule has 21 heavy (non-hydrogen) atoms. The molecule has 1 aromatic heterocycles. The van der Waals surface area contributed by atoms with Crippen LogP contribution in [0.2, 0.25) is 0 Å². The third-order valence-electron chi connectivity index (χ3n) is 3.87. The van der Waals surface area contributed by atoms with Crippen molar-refractivity contribution in [3.63, 3.8) is 0 Å². The van der Waals surface area contributed by atoms with Gasteiger partial charge in [0.2, 0.25) is 0 Å². The molecular weight excluding hydrogens is 286 g/mol. The van der Waals surface area contributed by atoms with Gasteiger partial charge in [0.25, 0.3) is 5.91 Å². The van der Waals surface area contributed by atoms with Crippen LogP contribution in [0, 0.1) is 11.8 Å². The van der Waals surface area contributed by atoms with Gasteiger partial charge in [0.15, 0.2) is 0 Å². The molecule has 0 bridgehead atoms. The van der Waals surface area contributed by atoms with E-state index in [1.807, 2.05) is 11.0 Å². The van der Waals surface area contributed by atoms with Crippen LogP contribution in [0.4, 0.5) is 0 Å². The molecule has 1 aromatic rings. The minimum absolute atomic E-state index is 0.105. The fraction of sp³-hybridized carbons (Fsp3) is 0.500. The van der Waals surface area contributed by atoms with Crippen LogP contribution in [0.25, 0.3) is 6.08 Å². The van der Waals surface area contributed by atoms with Gasteiger partial charge in [-0.1, -0.05) is 0 Å². The van der Waals surface area contributed by atoms with Gasteiger partial charge in [0.1, 0.15) is 0 Å². The Labute approximate surface area is 128 Å². The van der Waals surface area contributed by atoms with E-state index in [9.17, 15) is 9.59 Å². The second-order valence-electron chi connectivity index (χ2n) is 5.97. The van der Waals surface area contributed by atoms with Crippen LogP contribution in [-0.2, 0) is 4.79 Å². The Bertz CT molecular complexity index is 556. The molecule has 112 valence electrons. The third-order valence-corrected chi connectivity index (χ3v) is 4.90. The van der Waals surface area contributed by atoms with Crippen molar-refractivity contribution in [2.45, 2.75) is 25.7 Å². The molecule has 2 fully saturated rings. The van der Waals surface area contributed by atoms with Crippen LogP contribution in [0.1, 0.15) is 40.2 Å². The first-order chi connectivity index (χ1) is 10.1. The Hall–Kier alpha value is -1.62. The molecule has 0 unspecified atom stereocenters. The van der Waals surface area contributed by atoms with Gasteiger partial charge in [-0.05, 0) is 55.7 Å². The zero-order valence-electron chi connectivity index (χ0n) is 11.8. The number of amides is 1. The van der Waals surface area contributed by atoms with Crippen LogP contribution in [-0.4, -0.2) is 35.0 Å². The number of thiophene rings is 1. The number of carbonyl (C=O) groups excluding carboxylic acids is 1. The predicted molar refractivity (Wildman–Crippen MR) is 82.3 cm³/mol. The lowest BCUT2D eigenvalue weighted by Gasteiger charge is -2.21. The summed E-state index contributed by atoms with van der Waals surface area (Å²) in [5.41, 5.74) is 0. The molecule has 2 aliphatic carbocycles. The summed E-state index contributed by atoms with van der Waals surface area (Å²) in [6, 6.07) is 3.62. The van der Waals surface area contributed by atoms with Crippen molar-refractivity contribution in [3.05, 3.63) is 28.0 Å². The Balaban J connectivity index is 1.67. The smallest absolute Gasteiger partial charge is 0.328 e. The molecule has 0 spiro atoms. The van der Waals surface area contributed by atoms with Gasteiger partial charge in [0, 0.05) is 24.0 Å². The van der Waals surface area contributed by atoms with Gasteiger partial charge >= 0.3 is 5.97 Å². The van der Waals surface area contributed by atoms with E-state index in [2.05, 4.69) is 0 Å². The minimum Gasteiger partial charge on any atom is -0.478 e. The number of aliphatic carboxylic acids is 1. The number of rotatable bonds is 7. The number of hydrogen-bond donors (Lipinski definition) is 1. The molecule has 0 aromatic carbocycles. The van der Waals surface area contributed by atoms with Gasteiger partial charge < -0.3 is 10.0 Å². The maximum Gasteiger partial charge on any atom is 0.328 e. The highest BCUT2D eigenvalue weighted by Crippen LogP contribution is 2.34. The molecule has 1 heterocycles. The number of carbonyl (C=O) groups is 2. The predicted octanol–water partition coefficient (Wildman–Crippen LogP) is 3.11. The Morgan fingerprint density at radius 3 is 2.33 bits per heavy atom. The summed E-state index contributed by atoms with van der Waals surface area (Å²) >= 11 is 1.36. The highest BCUT2D eigenvalue weighted by atomic mass is 32.1. The average molecular weight is 305 g/mol. The molecule has 0 radical (unpaired) electrons. The molecule has 0 saturated heterocycles. The number of nitrogens with zero attached hydrogens (tertiary/aromatic N) is 1. The van der Waals surface area contributed by atoms with Crippen LogP contribution >= 0.6 is 11.3 Å². The topological polar surface area (TPSA) is 57.6 Å². The van der Waals surface area contributed by atoms with Gasteiger partial charge in [-0.3, -0.25) is 4.79 Å². The molecule has 1 amide bonds. The van der Waals surface area contributed by atoms with Crippen molar-refractivity contribution >= 4 is 29.3 Å². The summed E-state index contributed by atoms with van der Waals surface area (Å²) in [6.45, 7) is 1.76. The number of carboxylic acid groups (broad SMARTS) is 1. The van der Waals surface area contributed by atoms with Crippen LogP contribution < -0.4 is 0 Å². The van der Waals surface area contributed by atoms with Crippen LogP contribution in [0.15, 0.2) is 18.2 Å². The summed E-state index contributed by atoms with van der Waals surface area (Å²) in [4.78, 5) is 26.7. The Kier molecular flexibility index (Phi) is 4.10. The summed E-state index contributed by atoms with van der Waals surface area (Å²) in [6.07, 6.45) is 7.61. The zero-order valence-corrected chi connectivity index (χ0v) is 12.6. The van der Waals surface area contributed by atoms with Gasteiger partial charge in [0.05, 0.1) is 4.88 Å². The van der Waals surface area contributed by atoms with Gasteiger partial charge in [-0.2, -0.15) is 0 Å². The van der Waals surface area contributed by atoms with E-state index in [4.69, 9.17) is 5.11 Å². The van der Waals surface area contributed by atoms with E-state index in [-0.39, 0.29) is 5.91 Å². The first-order valence-corrected chi connectivity index (χ1v) is 8.23. The van der Waals surface area contributed by atoms with Crippen molar-refractivity contribution in [1.29, 1.82) is 0 Å². The molecule has 0 atom stereocenters. The van der Waals surface area contributed by atoms with E-state index >= 15 is 0 Å². The maximum atomic E-state index is 12.6. The molecular formula is C16H19NO3S. The molecule has 0 aliphatic heterocycles. The van der Waals surface area contributed by atoms with E-state index in [1.165, 1.54) is 43.1 Å². The standard InChI is InChI=1S/C16H19NO3S/c18-15(19)8-6-13-5-7-14(21-13)16(20)17(9-11-1-2-11)10-12-3-4-12/h5-8,11-12H,1-4,9-10H2,(H,18,19). The normalized spacial score (nSPS) is 18.1. The summed E-state index contributed by atoms with van der Waals surface area (Å²) in [7, 11) is 0. The van der Waals surface area contributed by atoms with E-state index in [0.29, 0.717) is 16.7 Å². The monoisotopic (exact) mass is 305 g/mol. The van der Waals surface area contributed by atoms with Crippen molar-refractivity contribution in [1.82, 2.24) is 4.90 Å². The van der Waals surface area contributed by atoms with Gasteiger partial charge in [-0.25, -0.2) is 4.79 Å². The summed E-state index contributed by atoms with van der Waals surface area (Å²) in [5, 5.41) is 8.63.